The molecule has 1 unspecified atom stereocenters. The van der Waals surface area contributed by atoms with Crippen molar-refractivity contribution >= 4 is 0 Å². The molecule has 0 spiro atoms. The second-order valence-electron chi connectivity index (χ2n) is 8.08. The molecule has 0 radical (unpaired) electrons. The Balaban J connectivity index is 1.81. The summed E-state index contributed by atoms with van der Waals surface area (Å²) in [6.45, 7) is 7.36. The van der Waals surface area contributed by atoms with E-state index in [-0.39, 0.29) is 18.1 Å². The molecule has 3 nitrogen and oxygen atoms in total. The van der Waals surface area contributed by atoms with Crippen molar-refractivity contribution in [3.63, 3.8) is 0 Å². The smallest absolute Gasteiger partial charge is 0.378 e. The number of hydrogen-bond donors (Lipinski definition) is 0. The molecule has 0 aliphatic carbocycles. The number of hydrogen-bond acceptors (Lipinski definition) is 3. The van der Waals surface area contributed by atoms with Crippen LogP contribution in [0.15, 0.2) is 48.5 Å². The van der Waals surface area contributed by atoms with Gasteiger partial charge in [0, 0.05) is 6.54 Å². The number of benzene rings is 2. The summed E-state index contributed by atoms with van der Waals surface area (Å²) in [5.41, 5.74) is 1.18. The van der Waals surface area contributed by atoms with Gasteiger partial charge in [0.1, 0.15) is 0 Å². The summed E-state index contributed by atoms with van der Waals surface area (Å²) in [5, 5.41) is 1.82. The molecule has 0 bridgehead atoms. The summed E-state index contributed by atoms with van der Waals surface area (Å²) >= 11 is 0. The van der Waals surface area contributed by atoms with Crippen molar-refractivity contribution in [2.24, 2.45) is 0 Å². The lowest BCUT2D eigenvalue weighted by atomic mass is 9.85. The second kappa shape index (κ2) is 8.23. The van der Waals surface area contributed by atoms with Crippen LogP contribution in [0.5, 0.6) is 0 Å². The van der Waals surface area contributed by atoms with Gasteiger partial charge in [-0.3, -0.25) is 4.84 Å². The van der Waals surface area contributed by atoms with Crippen molar-refractivity contribution in [1.82, 2.24) is 5.06 Å². The maximum atomic E-state index is 13.3. The minimum atomic E-state index is -4.39. The number of rotatable bonds is 4. The van der Waals surface area contributed by atoms with Crippen LogP contribution in [0.4, 0.5) is 13.2 Å². The molecule has 1 atom stereocenters. The van der Waals surface area contributed by atoms with E-state index in [1.165, 1.54) is 12.1 Å². The third-order valence-electron chi connectivity index (χ3n) is 4.85. The Hall–Kier alpha value is -1.89. The topological polar surface area (TPSA) is 21.7 Å². The van der Waals surface area contributed by atoms with Gasteiger partial charge in [0.15, 0.2) is 0 Å². The molecule has 2 aromatic carbocycles. The molecular weight excluding hydrogens is 367 g/mol. The van der Waals surface area contributed by atoms with Crippen LogP contribution in [0.2, 0.25) is 0 Å². The molecule has 28 heavy (non-hydrogen) atoms. The van der Waals surface area contributed by atoms with E-state index in [4.69, 9.17) is 9.57 Å². The van der Waals surface area contributed by atoms with Gasteiger partial charge in [-0.25, -0.2) is 0 Å². The fourth-order valence-corrected chi connectivity index (χ4v) is 3.21. The van der Waals surface area contributed by atoms with E-state index in [9.17, 15) is 13.2 Å². The first-order valence-corrected chi connectivity index (χ1v) is 9.38. The number of morpholine rings is 1. The van der Waals surface area contributed by atoms with Crippen molar-refractivity contribution in [1.29, 1.82) is 0 Å². The van der Waals surface area contributed by atoms with E-state index >= 15 is 0 Å². The average molecular weight is 393 g/mol. The lowest BCUT2D eigenvalue weighted by Gasteiger charge is -2.35. The highest BCUT2D eigenvalue weighted by molar-refractivity contribution is 5.35. The van der Waals surface area contributed by atoms with Gasteiger partial charge < -0.3 is 4.74 Å². The number of alkyl halides is 3. The minimum absolute atomic E-state index is 0.0797. The van der Waals surface area contributed by atoms with Gasteiger partial charge in [0.2, 0.25) is 0 Å². The maximum Gasteiger partial charge on any atom is 0.416 e. The van der Waals surface area contributed by atoms with Gasteiger partial charge in [-0.15, -0.1) is 0 Å². The summed E-state index contributed by atoms with van der Waals surface area (Å²) in [6, 6.07) is 14.0. The summed E-state index contributed by atoms with van der Waals surface area (Å²) in [4.78, 5) is 5.96. The molecule has 0 amide bonds. The molecule has 1 aliphatic heterocycles. The van der Waals surface area contributed by atoms with Crippen LogP contribution in [0.1, 0.15) is 49.1 Å². The Morgan fingerprint density at radius 2 is 1.71 bits per heavy atom. The molecule has 2 aromatic rings. The first kappa shape index (κ1) is 20.8. The molecule has 0 saturated carbocycles. The van der Waals surface area contributed by atoms with Crippen LogP contribution < -0.4 is 0 Å². The second-order valence-corrected chi connectivity index (χ2v) is 8.08. The largest absolute Gasteiger partial charge is 0.416 e. The van der Waals surface area contributed by atoms with Crippen LogP contribution in [0.25, 0.3) is 0 Å². The maximum absolute atomic E-state index is 13.3. The van der Waals surface area contributed by atoms with Crippen LogP contribution in [-0.2, 0) is 27.8 Å². The summed E-state index contributed by atoms with van der Waals surface area (Å²) in [5.74, 6) is 0. The van der Waals surface area contributed by atoms with Gasteiger partial charge in [0.25, 0.3) is 0 Å². The fraction of sp³-hybridized carbons (Fsp3) is 0.455. The molecule has 1 heterocycles. The highest BCUT2D eigenvalue weighted by Crippen LogP contribution is 2.34. The molecule has 0 N–H and O–H groups in total. The molecule has 152 valence electrons. The Labute approximate surface area is 164 Å². The molecule has 0 aromatic heterocycles. The highest BCUT2D eigenvalue weighted by atomic mass is 19.4. The SMILES string of the molecule is CC(C)(C)c1cc(CON2CCOCC2c2ccccc2)cc(C(F)(F)F)c1. The normalized spacial score (nSPS) is 19.0. The Kier molecular flexibility index (Phi) is 6.12. The Morgan fingerprint density at radius 3 is 2.36 bits per heavy atom. The van der Waals surface area contributed by atoms with Crippen LogP contribution >= 0.6 is 0 Å². The molecule has 1 fully saturated rings. The lowest BCUT2D eigenvalue weighted by molar-refractivity contribution is -0.235. The predicted octanol–water partition coefficient (Wildman–Crippen LogP) is 5.51. The quantitative estimate of drug-likeness (QED) is 0.684. The zero-order valence-electron chi connectivity index (χ0n) is 16.4. The van der Waals surface area contributed by atoms with Crippen molar-refractivity contribution in [2.45, 2.75) is 45.0 Å². The van der Waals surface area contributed by atoms with Gasteiger partial charge in [-0.2, -0.15) is 18.2 Å². The molecule has 3 rings (SSSR count). The molecule has 1 saturated heterocycles. The van der Waals surface area contributed by atoms with E-state index in [0.29, 0.717) is 30.9 Å². The zero-order chi connectivity index (χ0) is 20.4. The van der Waals surface area contributed by atoms with E-state index in [1.807, 2.05) is 56.2 Å². The number of halogens is 3. The average Bonchev–Trinajstić information content (AvgIpc) is 2.66. The van der Waals surface area contributed by atoms with Crippen molar-refractivity contribution in [2.75, 3.05) is 19.8 Å². The minimum Gasteiger partial charge on any atom is -0.378 e. The van der Waals surface area contributed by atoms with Crippen molar-refractivity contribution in [3.8, 4) is 0 Å². The monoisotopic (exact) mass is 393 g/mol. The number of nitrogens with zero attached hydrogens (tertiary/aromatic N) is 1. The fourth-order valence-electron chi connectivity index (χ4n) is 3.21. The lowest BCUT2D eigenvalue weighted by Crippen LogP contribution is -2.39. The number of ether oxygens (including phenoxy) is 1. The standard InChI is InChI=1S/C22H26F3NO2/c1-21(2,3)18-11-16(12-19(13-18)22(23,24)25)14-28-26-9-10-27-15-20(26)17-7-5-4-6-8-17/h4-8,11-13,20H,9-10,14-15H2,1-3H3. The number of hydroxylamine groups is 2. The third kappa shape index (κ3) is 5.13. The predicted molar refractivity (Wildman–Crippen MR) is 102 cm³/mol. The van der Waals surface area contributed by atoms with E-state index < -0.39 is 11.7 Å². The van der Waals surface area contributed by atoms with Crippen LogP contribution in [0.3, 0.4) is 0 Å². The van der Waals surface area contributed by atoms with Crippen molar-refractivity contribution in [3.05, 3.63) is 70.8 Å². The molecule has 1 aliphatic rings. The van der Waals surface area contributed by atoms with E-state index in [1.54, 1.807) is 6.07 Å². The third-order valence-corrected chi connectivity index (χ3v) is 4.85. The van der Waals surface area contributed by atoms with Crippen LogP contribution in [-0.4, -0.2) is 24.8 Å². The van der Waals surface area contributed by atoms with E-state index in [2.05, 4.69) is 0 Å². The van der Waals surface area contributed by atoms with Gasteiger partial charge in [0.05, 0.1) is 31.4 Å². The summed E-state index contributed by atoms with van der Waals surface area (Å²) in [6.07, 6.45) is -4.39. The summed E-state index contributed by atoms with van der Waals surface area (Å²) < 4.78 is 45.6. The van der Waals surface area contributed by atoms with Gasteiger partial charge >= 0.3 is 6.18 Å². The van der Waals surface area contributed by atoms with Crippen LogP contribution in [0, 0.1) is 0 Å². The first-order chi connectivity index (χ1) is 13.1. The Bertz CT molecular complexity index is 752. The first-order valence-electron chi connectivity index (χ1n) is 9.38. The summed E-state index contributed by atoms with van der Waals surface area (Å²) in [7, 11) is 0. The highest BCUT2D eigenvalue weighted by Gasteiger charge is 2.32. The van der Waals surface area contributed by atoms with E-state index in [0.717, 1.165) is 5.56 Å². The zero-order valence-corrected chi connectivity index (χ0v) is 16.4. The van der Waals surface area contributed by atoms with Gasteiger partial charge in [-0.05, 0) is 34.2 Å². The van der Waals surface area contributed by atoms with Gasteiger partial charge in [-0.1, -0.05) is 57.2 Å². The molecule has 6 heteroatoms. The Morgan fingerprint density at radius 1 is 1.04 bits per heavy atom. The van der Waals surface area contributed by atoms with Crippen molar-refractivity contribution < 1.29 is 22.7 Å². The molecular formula is C22H26F3NO2.